The van der Waals surface area contributed by atoms with E-state index in [2.05, 4.69) is 15.6 Å². The van der Waals surface area contributed by atoms with E-state index in [0.29, 0.717) is 28.8 Å². The third kappa shape index (κ3) is 12.9. The summed E-state index contributed by atoms with van der Waals surface area (Å²) in [4.78, 5) is 43.0. The average molecular weight is 764 g/mol. The van der Waals surface area contributed by atoms with Crippen LogP contribution in [0.2, 0.25) is 0 Å². The molecule has 0 saturated heterocycles. The van der Waals surface area contributed by atoms with Crippen molar-refractivity contribution >= 4 is 47.0 Å². The zero-order valence-electron chi connectivity index (χ0n) is 28.3. The van der Waals surface area contributed by atoms with E-state index < -0.39 is 41.1 Å². The van der Waals surface area contributed by atoms with Crippen molar-refractivity contribution in [3.63, 3.8) is 0 Å². The summed E-state index contributed by atoms with van der Waals surface area (Å²) in [6.45, 7) is 5.18. The van der Waals surface area contributed by atoms with Gasteiger partial charge in [-0.3, -0.25) is 19.4 Å². The van der Waals surface area contributed by atoms with Gasteiger partial charge in [0.05, 0.1) is 29.1 Å². The fourth-order valence-corrected chi connectivity index (χ4v) is 6.26. The van der Waals surface area contributed by atoms with E-state index in [9.17, 15) is 40.7 Å². The molecule has 0 aliphatic rings. The predicted molar refractivity (Wildman–Crippen MR) is 190 cm³/mol. The summed E-state index contributed by atoms with van der Waals surface area (Å²) in [5.41, 5.74) is 0.622. The van der Waals surface area contributed by atoms with Crippen LogP contribution in [0.25, 0.3) is 11.3 Å². The van der Waals surface area contributed by atoms with Gasteiger partial charge in [0, 0.05) is 45.8 Å². The smallest absolute Gasteiger partial charge is 0.416 e. The molecule has 276 valence electrons. The Morgan fingerprint density at radius 3 is 2.23 bits per heavy atom. The van der Waals surface area contributed by atoms with Crippen LogP contribution in [0.1, 0.15) is 64.6 Å². The Balaban J connectivity index is 1.51. The maximum atomic E-state index is 13.4. The Labute approximate surface area is 305 Å². The maximum Gasteiger partial charge on any atom is 0.416 e. The summed E-state index contributed by atoms with van der Waals surface area (Å²) < 4.78 is 83.8. The van der Waals surface area contributed by atoms with E-state index in [4.69, 9.17) is 4.74 Å². The molecule has 2 N–H and O–H groups in total. The molecule has 0 atom stereocenters. The molecule has 0 radical (unpaired) electrons. The Morgan fingerprint density at radius 1 is 0.808 bits per heavy atom. The largest absolute Gasteiger partial charge is 0.460 e. The van der Waals surface area contributed by atoms with Crippen LogP contribution in [-0.2, 0) is 28.0 Å². The van der Waals surface area contributed by atoms with E-state index in [0.717, 1.165) is 17.7 Å². The third-order valence-electron chi connectivity index (χ3n) is 6.98. The van der Waals surface area contributed by atoms with Gasteiger partial charge in [-0.15, -0.1) is 11.8 Å². The van der Waals surface area contributed by atoms with Gasteiger partial charge < -0.3 is 15.4 Å². The molecule has 0 fully saturated rings. The standard InChI is InChI=1S/C37H35F6N3O4S2/c1-35(2,3)50-32(47)13-15-51-21-24-7-4-8-25(16-24)34(49)46-30-11-10-28(52-22-36(38,39)40)19-29(30)31-18-26(12-14-44-31)33(48)45-20-23-6-5-9-27(17-23)37(41,42)43/h4-12,14,16-19H,13,15,20-22H2,1-3H3,(H,45,48)(H,46,49). The van der Waals surface area contributed by atoms with Crippen molar-refractivity contribution in [2.75, 3.05) is 16.8 Å². The number of ether oxygens (including phenoxy) is 1. The molecular weight excluding hydrogens is 729 g/mol. The number of carbonyl (C=O) groups excluding carboxylic acids is 3. The molecule has 1 heterocycles. The number of nitrogens with zero attached hydrogens (tertiary/aromatic N) is 1. The maximum absolute atomic E-state index is 13.4. The third-order valence-corrected chi connectivity index (χ3v) is 9.06. The molecule has 0 bridgehead atoms. The number of aromatic nitrogens is 1. The molecule has 4 rings (SSSR count). The zero-order valence-corrected chi connectivity index (χ0v) is 29.9. The molecule has 0 saturated carbocycles. The van der Waals surface area contributed by atoms with Gasteiger partial charge in [-0.1, -0.05) is 24.3 Å². The highest BCUT2D eigenvalue weighted by molar-refractivity contribution is 7.99. The minimum absolute atomic E-state index is 0.0828. The Morgan fingerprint density at radius 2 is 1.52 bits per heavy atom. The van der Waals surface area contributed by atoms with Crippen molar-refractivity contribution < 1.29 is 45.5 Å². The molecule has 2 amide bonds. The quantitative estimate of drug-likeness (QED) is 0.0606. The number of esters is 1. The van der Waals surface area contributed by atoms with E-state index in [1.165, 1.54) is 60.4 Å². The first-order valence-corrected chi connectivity index (χ1v) is 17.9. The fraction of sp³-hybridized carbons (Fsp3) is 0.297. The second-order valence-corrected chi connectivity index (χ2v) is 14.6. The van der Waals surface area contributed by atoms with Crippen molar-refractivity contribution in [1.82, 2.24) is 10.3 Å². The average Bonchev–Trinajstić information content (AvgIpc) is 3.07. The van der Waals surface area contributed by atoms with Gasteiger partial charge in [-0.2, -0.15) is 38.1 Å². The van der Waals surface area contributed by atoms with Crippen LogP contribution in [0.15, 0.2) is 90.0 Å². The van der Waals surface area contributed by atoms with E-state index in [-0.39, 0.29) is 51.9 Å². The summed E-state index contributed by atoms with van der Waals surface area (Å²) in [5, 5.41) is 5.37. The van der Waals surface area contributed by atoms with Crippen LogP contribution in [0, 0.1) is 0 Å². The number of halogens is 6. The molecule has 7 nitrogen and oxygen atoms in total. The van der Waals surface area contributed by atoms with Gasteiger partial charge in [0.25, 0.3) is 11.8 Å². The lowest BCUT2D eigenvalue weighted by Gasteiger charge is -2.19. The van der Waals surface area contributed by atoms with Crippen LogP contribution >= 0.6 is 23.5 Å². The second kappa shape index (κ2) is 17.3. The lowest BCUT2D eigenvalue weighted by Crippen LogP contribution is -2.24. The van der Waals surface area contributed by atoms with Gasteiger partial charge >= 0.3 is 18.3 Å². The number of amides is 2. The van der Waals surface area contributed by atoms with Crippen LogP contribution in [0.3, 0.4) is 0 Å². The van der Waals surface area contributed by atoms with E-state index in [1.807, 2.05) is 6.07 Å². The molecule has 0 aliphatic carbocycles. The number of nitrogens with one attached hydrogen (secondary N) is 2. The molecule has 0 spiro atoms. The normalized spacial score (nSPS) is 11.9. The predicted octanol–water partition coefficient (Wildman–Crippen LogP) is 9.57. The van der Waals surface area contributed by atoms with E-state index in [1.54, 1.807) is 39.0 Å². The summed E-state index contributed by atoms with van der Waals surface area (Å²) >= 11 is 2.04. The van der Waals surface area contributed by atoms with Gasteiger partial charge in [0.1, 0.15) is 5.60 Å². The Kier molecular flexibility index (Phi) is 13.4. The van der Waals surface area contributed by atoms with E-state index >= 15 is 0 Å². The molecule has 1 aromatic heterocycles. The number of benzene rings is 3. The number of pyridine rings is 1. The number of carbonyl (C=O) groups is 3. The summed E-state index contributed by atoms with van der Waals surface area (Å²) in [6.07, 6.45) is -7.45. The molecule has 0 aliphatic heterocycles. The van der Waals surface area contributed by atoms with Crippen molar-refractivity contribution in [2.45, 2.75) is 62.3 Å². The summed E-state index contributed by atoms with van der Waals surface area (Å²) in [7, 11) is 0. The fourth-order valence-electron chi connectivity index (χ4n) is 4.70. The van der Waals surface area contributed by atoms with Gasteiger partial charge in [0.2, 0.25) is 0 Å². The number of hydrogen-bond donors (Lipinski definition) is 2. The summed E-state index contributed by atoms with van der Waals surface area (Å²) in [5.74, 6) is -1.56. The SMILES string of the molecule is CC(C)(C)OC(=O)CCSCc1cccc(C(=O)Nc2ccc(SCC(F)(F)F)cc2-c2cc(C(=O)NCc3cccc(C(F)(F)F)c3)ccn2)c1. The number of alkyl halides is 6. The highest BCUT2D eigenvalue weighted by Crippen LogP contribution is 2.35. The van der Waals surface area contributed by atoms with Crippen molar-refractivity contribution in [3.05, 3.63) is 113 Å². The van der Waals surface area contributed by atoms with Crippen LogP contribution in [0.4, 0.5) is 32.0 Å². The number of thioether (sulfide) groups is 2. The lowest BCUT2D eigenvalue weighted by molar-refractivity contribution is -0.154. The first-order chi connectivity index (χ1) is 24.4. The van der Waals surface area contributed by atoms with Gasteiger partial charge in [-0.05, 0) is 86.5 Å². The Hall–Kier alpha value is -4.50. The minimum Gasteiger partial charge on any atom is -0.460 e. The highest BCUT2D eigenvalue weighted by Gasteiger charge is 2.30. The molecule has 15 heteroatoms. The van der Waals surface area contributed by atoms with Crippen molar-refractivity contribution in [1.29, 1.82) is 0 Å². The number of anilines is 1. The first-order valence-electron chi connectivity index (χ1n) is 15.8. The zero-order chi connectivity index (χ0) is 38.1. The minimum atomic E-state index is -4.55. The molecule has 0 unspecified atom stereocenters. The summed E-state index contributed by atoms with van der Waals surface area (Å²) in [6, 6.07) is 18.4. The molecule has 4 aromatic rings. The highest BCUT2D eigenvalue weighted by atomic mass is 32.2. The molecule has 52 heavy (non-hydrogen) atoms. The second-order valence-electron chi connectivity index (χ2n) is 12.5. The van der Waals surface area contributed by atoms with Gasteiger partial charge in [-0.25, -0.2) is 0 Å². The van der Waals surface area contributed by atoms with Crippen molar-refractivity contribution in [3.8, 4) is 11.3 Å². The number of hydrogen-bond acceptors (Lipinski definition) is 7. The monoisotopic (exact) mass is 763 g/mol. The van der Waals surface area contributed by atoms with Crippen LogP contribution in [0.5, 0.6) is 0 Å². The van der Waals surface area contributed by atoms with Crippen LogP contribution < -0.4 is 10.6 Å². The molecular formula is C37H35F6N3O4S2. The number of rotatable bonds is 13. The van der Waals surface area contributed by atoms with Crippen molar-refractivity contribution in [2.24, 2.45) is 0 Å². The lowest BCUT2D eigenvalue weighted by atomic mass is 10.1. The Bertz CT molecular complexity index is 1890. The first kappa shape index (κ1) is 40.3. The topological polar surface area (TPSA) is 97.4 Å². The molecule has 3 aromatic carbocycles. The van der Waals surface area contributed by atoms with Crippen LogP contribution in [-0.4, -0.2) is 46.1 Å². The van der Waals surface area contributed by atoms with Gasteiger partial charge in [0.15, 0.2) is 0 Å².